The van der Waals surface area contributed by atoms with Crippen molar-refractivity contribution >= 4 is 23.2 Å². The molecule has 0 aliphatic rings. The number of nitrogens with one attached hydrogen (secondary N) is 1. The molecule has 1 unspecified atom stereocenters. The first-order valence-corrected chi connectivity index (χ1v) is 6.97. The predicted molar refractivity (Wildman–Crippen MR) is 87.8 cm³/mol. The van der Waals surface area contributed by atoms with Crippen molar-refractivity contribution in [1.29, 1.82) is 0 Å². The zero-order valence-electron chi connectivity index (χ0n) is 11.8. The highest BCUT2D eigenvalue weighted by Crippen LogP contribution is 2.20. The SMILES string of the molecule is COC(CN=C(N)Nc1ccccc1)c1cccc(Cl)c1. The van der Waals surface area contributed by atoms with Crippen molar-refractivity contribution in [2.24, 2.45) is 10.7 Å². The van der Waals surface area contributed by atoms with E-state index in [-0.39, 0.29) is 6.10 Å². The Bertz CT molecular complexity index is 601. The summed E-state index contributed by atoms with van der Waals surface area (Å²) < 4.78 is 5.44. The molecule has 2 rings (SSSR count). The van der Waals surface area contributed by atoms with Crippen LogP contribution in [0.3, 0.4) is 0 Å². The van der Waals surface area contributed by atoms with Gasteiger partial charge in [-0.1, -0.05) is 41.9 Å². The molecular weight excluding hydrogens is 286 g/mol. The maximum atomic E-state index is 5.99. The molecule has 0 aliphatic heterocycles. The molecule has 1 atom stereocenters. The maximum absolute atomic E-state index is 5.99. The molecule has 21 heavy (non-hydrogen) atoms. The number of nitrogens with zero attached hydrogens (tertiary/aromatic N) is 1. The number of guanidine groups is 1. The molecule has 2 aromatic carbocycles. The third kappa shape index (κ3) is 4.77. The van der Waals surface area contributed by atoms with Crippen molar-refractivity contribution in [3.05, 3.63) is 65.2 Å². The number of hydrogen-bond acceptors (Lipinski definition) is 2. The van der Waals surface area contributed by atoms with Gasteiger partial charge in [-0.3, -0.25) is 4.99 Å². The first-order chi connectivity index (χ1) is 10.2. The van der Waals surface area contributed by atoms with Gasteiger partial charge in [0.2, 0.25) is 0 Å². The summed E-state index contributed by atoms with van der Waals surface area (Å²) in [5.41, 5.74) is 7.75. The standard InChI is InChI=1S/C16H18ClN3O/c1-21-15(12-6-5-7-13(17)10-12)11-19-16(18)20-14-8-3-2-4-9-14/h2-10,15H,11H2,1H3,(H3,18,19,20). The maximum Gasteiger partial charge on any atom is 0.193 e. The normalized spacial score (nSPS) is 13.0. The van der Waals surface area contributed by atoms with Gasteiger partial charge in [-0.15, -0.1) is 0 Å². The van der Waals surface area contributed by atoms with Gasteiger partial charge in [-0.05, 0) is 29.8 Å². The Morgan fingerprint density at radius 1 is 1.24 bits per heavy atom. The van der Waals surface area contributed by atoms with Crippen molar-refractivity contribution in [2.75, 3.05) is 19.0 Å². The molecular formula is C16H18ClN3O. The van der Waals surface area contributed by atoms with Gasteiger partial charge in [0.1, 0.15) is 6.10 Å². The van der Waals surface area contributed by atoms with E-state index in [9.17, 15) is 0 Å². The average Bonchev–Trinajstić information content (AvgIpc) is 2.49. The van der Waals surface area contributed by atoms with Gasteiger partial charge >= 0.3 is 0 Å². The highest BCUT2D eigenvalue weighted by molar-refractivity contribution is 6.30. The van der Waals surface area contributed by atoms with Gasteiger partial charge in [0.05, 0.1) is 6.54 Å². The number of rotatable bonds is 5. The van der Waals surface area contributed by atoms with Crippen LogP contribution in [0.5, 0.6) is 0 Å². The number of ether oxygens (including phenoxy) is 1. The van der Waals surface area contributed by atoms with Gasteiger partial charge in [0.15, 0.2) is 5.96 Å². The second-order valence-electron chi connectivity index (χ2n) is 4.50. The molecule has 0 bridgehead atoms. The number of aliphatic imine (C=N–C) groups is 1. The molecule has 0 fully saturated rings. The van der Waals surface area contributed by atoms with Gasteiger partial charge < -0.3 is 15.8 Å². The highest BCUT2D eigenvalue weighted by Gasteiger charge is 2.10. The van der Waals surface area contributed by atoms with E-state index in [2.05, 4.69) is 10.3 Å². The van der Waals surface area contributed by atoms with Crippen molar-refractivity contribution in [3.8, 4) is 0 Å². The van der Waals surface area contributed by atoms with Crippen molar-refractivity contribution in [1.82, 2.24) is 0 Å². The fourth-order valence-corrected chi connectivity index (χ4v) is 2.11. The van der Waals surface area contributed by atoms with Crippen molar-refractivity contribution in [2.45, 2.75) is 6.10 Å². The summed E-state index contributed by atoms with van der Waals surface area (Å²) >= 11 is 5.99. The zero-order chi connectivity index (χ0) is 15.1. The molecule has 0 saturated carbocycles. The number of anilines is 1. The van der Waals surface area contributed by atoms with Crippen LogP contribution in [0, 0.1) is 0 Å². The van der Waals surface area contributed by atoms with E-state index in [1.54, 1.807) is 7.11 Å². The number of nitrogens with two attached hydrogens (primary N) is 1. The van der Waals surface area contributed by atoms with Gasteiger partial charge in [-0.2, -0.15) is 0 Å². The third-order valence-electron chi connectivity index (χ3n) is 2.98. The van der Waals surface area contributed by atoms with Crippen LogP contribution >= 0.6 is 11.6 Å². The first kappa shape index (κ1) is 15.4. The fraction of sp³-hybridized carbons (Fsp3) is 0.188. The second kappa shape index (κ2) is 7.67. The molecule has 0 heterocycles. The minimum Gasteiger partial charge on any atom is -0.375 e. The summed E-state index contributed by atoms with van der Waals surface area (Å²) in [5.74, 6) is 0.352. The average molecular weight is 304 g/mol. The quantitative estimate of drug-likeness (QED) is 0.657. The molecule has 0 aliphatic carbocycles. The van der Waals surface area contributed by atoms with Gasteiger partial charge in [0.25, 0.3) is 0 Å². The number of benzene rings is 2. The Balaban J connectivity index is 2.00. The summed E-state index contributed by atoms with van der Waals surface area (Å²) in [6, 6.07) is 17.2. The lowest BCUT2D eigenvalue weighted by Gasteiger charge is -2.14. The second-order valence-corrected chi connectivity index (χ2v) is 4.93. The van der Waals surface area contributed by atoms with Crippen LogP contribution in [0.25, 0.3) is 0 Å². The Labute approximate surface area is 129 Å². The fourth-order valence-electron chi connectivity index (χ4n) is 1.91. The minimum atomic E-state index is -0.181. The topological polar surface area (TPSA) is 59.6 Å². The molecule has 3 N–H and O–H groups in total. The predicted octanol–water partition coefficient (Wildman–Crippen LogP) is 3.45. The van der Waals surface area contributed by atoms with Crippen LogP contribution in [0.1, 0.15) is 11.7 Å². The summed E-state index contributed by atoms with van der Waals surface area (Å²) in [6.45, 7) is 0.419. The number of halogens is 1. The molecule has 0 radical (unpaired) electrons. The van der Waals surface area contributed by atoms with Crippen LogP contribution < -0.4 is 11.1 Å². The van der Waals surface area contributed by atoms with Crippen LogP contribution in [0.15, 0.2) is 59.6 Å². The molecule has 2 aromatic rings. The van der Waals surface area contributed by atoms with E-state index in [0.717, 1.165) is 11.3 Å². The van der Waals surface area contributed by atoms with Crippen LogP contribution in [0.2, 0.25) is 5.02 Å². The van der Waals surface area contributed by atoms with Gasteiger partial charge in [0, 0.05) is 17.8 Å². The molecule has 0 saturated heterocycles. The largest absolute Gasteiger partial charge is 0.375 e. The van der Waals surface area contributed by atoms with E-state index >= 15 is 0 Å². The lowest BCUT2D eigenvalue weighted by atomic mass is 10.1. The monoisotopic (exact) mass is 303 g/mol. The Morgan fingerprint density at radius 3 is 2.67 bits per heavy atom. The van der Waals surface area contributed by atoms with Crippen LogP contribution in [-0.2, 0) is 4.74 Å². The molecule has 0 aromatic heterocycles. The summed E-state index contributed by atoms with van der Waals surface area (Å²) in [4.78, 5) is 4.31. The Kier molecular flexibility index (Phi) is 5.60. The molecule has 4 nitrogen and oxygen atoms in total. The smallest absolute Gasteiger partial charge is 0.193 e. The highest BCUT2D eigenvalue weighted by atomic mass is 35.5. The van der Waals surface area contributed by atoms with Crippen LogP contribution in [-0.4, -0.2) is 19.6 Å². The number of hydrogen-bond donors (Lipinski definition) is 2. The van der Waals surface area contributed by atoms with E-state index in [1.807, 2.05) is 54.6 Å². The Hall–Kier alpha value is -2.04. The molecule has 0 spiro atoms. The van der Waals surface area contributed by atoms with E-state index in [1.165, 1.54) is 0 Å². The van der Waals surface area contributed by atoms with E-state index in [4.69, 9.17) is 22.1 Å². The van der Waals surface area contributed by atoms with E-state index in [0.29, 0.717) is 17.5 Å². The molecule has 5 heteroatoms. The summed E-state index contributed by atoms with van der Waals surface area (Å²) in [5, 5.41) is 3.71. The summed E-state index contributed by atoms with van der Waals surface area (Å²) in [7, 11) is 1.64. The molecule has 0 amide bonds. The zero-order valence-corrected chi connectivity index (χ0v) is 12.5. The molecule has 110 valence electrons. The number of para-hydroxylation sites is 1. The lowest BCUT2D eigenvalue weighted by Crippen LogP contribution is -2.23. The van der Waals surface area contributed by atoms with Crippen molar-refractivity contribution < 1.29 is 4.74 Å². The Morgan fingerprint density at radius 2 is 2.00 bits per heavy atom. The number of methoxy groups -OCH3 is 1. The summed E-state index contributed by atoms with van der Waals surface area (Å²) in [6.07, 6.45) is -0.181. The minimum absolute atomic E-state index is 0.181. The van der Waals surface area contributed by atoms with E-state index < -0.39 is 0 Å². The van der Waals surface area contributed by atoms with Crippen LogP contribution in [0.4, 0.5) is 5.69 Å². The first-order valence-electron chi connectivity index (χ1n) is 6.59. The lowest BCUT2D eigenvalue weighted by molar-refractivity contribution is 0.111. The third-order valence-corrected chi connectivity index (χ3v) is 3.21. The van der Waals surface area contributed by atoms with Gasteiger partial charge in [-0.25, -0.2) is 0 Å². The van der Waals surface area contributed by atoms with Crippen molar-refractivity contribution in [3.63, 3.8) is 0 Å².